The minimum atomic E-state index is -0.469. The highest BCUT2D eigenvalue weighted by Crippen LogP contribution is 2.23. The summed E-state index contributed by atoms with van der Waals surface area (Å²) >= 11 is 0. The summed E-state index contributed by atoms with van der Waals surface area (Å²) in [5.41, 5.74) is 0.703. The standard InChI is InChI=1S/C8H6N2O3.ClH/c11-8-4-5-3-6(10(12)13)1-2-7(5)9-8;/h1-4,9,11H;1H. The monoisotopic (exact) mass is 214 g/mol. The van der Waals surface area contributed by atoms with Crippen molar-refractivity contribution >= 4 is 29.0 Å². The van der Waals surface area contributed by atoms with Gasteiger partial charge in [-0.05, 0) is 6.07 Å². The van der Waals surface area contributed by atoms with Crippen molar-refractivity contribution in [3.63, 3.8) is 0 Å². The molecule has 0 saturated carbocycles. The lowest BCUT2D eigenvalue weighted by molar-refractivity contribution is -0.384. The van der Waals surface area contributed by atoms with Crippen LogP contribution < -0.4 is 0 Å². The molecule has 0 fully saturated rings. The van der Waals surface area contributed by atoms with E-state index in [0.717, 1.165) is 0 Å². The summed E-state index contributed by atoms with van der Waals surface area (Å²) in [7, 11) is 0. The van der Waals surface area contributed by atoms with Crippen molar-refractivity contribution < 1.29 is 10.0 Å². The molecule has 2 aromatic rings. The van der Waals surface area contributed by atoms with Gasteiger partial charge in [-0.3, -0.25) is 10.1 Å². The second-order valence-corrected chi connectivity index (χ2v) is 2.68. The molecule has 14 heavy (non-hydrogen) atoms. The third-order valence-electron chi connectivity index (χ3n) is 1.80. The van der Waals surface area contributed by atoms with E-state index in [1.54, 1.807) is 6.07 Å². The number of aromatic amines is 1. The van der Waals surface area contributed by atoms with Crippen molar-refractivity contribution in [1.29, 1.82) is 0 Å². The van der Waals surface area contributed by atoms with Crippen molar-refractivity contribution in [1.82, 2.24) is 4.98 Å². The summed E-state index contributed by atoms with van der Waals surface area (Å²) in [4.78, 5) is 12.6. The number of rotatable bonds is 1. The molecule has 0 aliphatic heterocycles. The van der Waals surface area contributed by atoms with Gasteiger partial charge in [-0.1, -0.05) is 0 Å². The van der Waals surface area contributed by atoms with Gasteiger partial charge in [0.15, 0.2) is 5.88 Å². The molecule has 1 aromatic carbocycles. The Balaban J connectivity index is 0.000000980. The van der Waals surface area contributed by atoms with Crippen LogP contribution in [0.3, 0.4) is 0 Å². The molecule has 0 atom stereocenters. The highest BCUT2D eigenvalue weighted by atomic mass is 35.5. The molecule has 0 aliphatic carbocycles. The fourth-order valence-electron chi connectivity index (χ4n) is 1.22. The Hall–Kier alpha value is -1.75. The SMILES string of the molecule is Cl.O=[N+]([O-])c1ccc2[nH]c(O)cc2c1. The molecule has 5 nitrogen and oxygen atoms in total. The second kappa shape index (κ2) is 3.55. The number of non-ortho nitro benzene ring substituents is 1. The Kier molecular flexibility index (Phi) is 2.62. The number of nitrogens with zero attached hydrogens (tertiary/aromatic N) is 1. The van der Waals surface area contributed by atoms with Crippen LogP contribution in [0.1, 0.15) is 0 Å². The number of hydrogen-bond acceptors (Lipinski definition) is 3. The molecule has 1 heterocycles. The fourth-order valence-corrected chi connectivity index (χ4v) is 1.22. The van der Waals surface area contributed by atoms with E-state index in [0.29, 0.717) is 10.9 Å². The second-order valence-electron chi connectivity index (χ2n) is 2.68. The Morgan fingerprint density at radius 2 is 2.07 bits per heavy atom. The molecule has 2 N–H and O–H groups in total. The van der Waals surface area contributed by atoms with E-state index in [4.69, 9.17) is 5.11 Å². The predicted octanol–water partition coefficient (Wildman–Crippen LogP) is 2.20. The number of hydrogen-bond donors (Lipinski definition) is 2. The zero-order valence-corrected chi connectivity index (χ0v) is 7.75. The van der Waals surface area contributed by atoms with Gasteiger partial charge in [0, 0.05) is 29.1 Å². The summed E-state index contributed by atoms with van der Waals surface area (Å²) in [5, 5.41) is 20.1. The first-order valence-corrected chi connectivity index (χ1v) is 3.63. The van der Waals surface area contributed by atoms with Crippen LogP contribution in [0.15, 0.2) is 24.3 Å². The fraction of sp³-hybridized carbons (Fsp3) is 0. The molecule has 0 amide bonds. The van der Waals surface area contributed by atoms with Gasteiger partial charge >= 0.3 is 0 Å². The predicted molar refractivity (Wildman–Crippen MR) is 53.9 cm³/mol. The highest BCUT2D eigenvalue weighted by Gasteiger charge is 2.07. The molecule has 1 aromatic heterocycles. The number of nitro benzene ring substituents is 1. The van der Waals surface area contributed by atoms with Gasteiger partial charge in [0.1, 0.15) is 0 Å². The van der Waals surface area contributed by atoms with E-state index in [1.807, 2.05) is 0 Å². The molecule has 6 heteroatoms. The number of benzene rings is 1. The molecule has 0 bridgehead atoms. The molecule has 0 aliphatic rings. The lowest BCUT2D eigenvalue weighted by atomic mass is 10.2. The normalized spacial score (nSPS) is 9.71. The molecular weight excluding hydrogens is 208 g/mol. The number of nitro groups is 1. The van der Waals surface area contributed by atoms with E-state index < -0.39 is 4.92 Å². The third-order valence-corrected chi connectivity index (χ3v) is 1.80. The van der Waals surface area contributed by atoms with Crippen molar-refractivity contribution in [3.8, 4) is 5.88 Å². The van der Waals surface area contributed by atoms with E-state index in [-0.39, 0.29) is 24.0 Å². The van der Waals surface area contributed by atoms with Crippen molar-refractivity contribution in [2.75, 3.05) is 0 Å². The Morgan fingerprint density at radius 3 is 2.71 bits per heavy atom. The van der Waals surface area contributed by atoms with Crippen LogP contribution in [0.4, 0.5) is 5.69 Å². The molecule has 0 unspecified atom stereocenters. The van der Waals surface area contributed by atoms with Gasteiger partial charge in [-0.25, -0.2) is 0 Å². The van der Waals surface area contributed by atoms with E-state index in [9.17, 15) is 10.1 Å². The number of halogens is 1. The van der Waals surface area contributed by atoms with Gasteiger partial charge in [-0.2, -0.15) is 0 Å². The maximum Gasteiger partial charge on any atom is 0.270 e. The summed E-state index contributed by atoms with van der Waals surface area (Å²) in [6, 6.07) is 5.80. The molecule has 0 saturated heterocycles. The zero-order chi connectivity index (χ0) is 9.42. The lowest BCUT2D eigenvalue weighted by Gasteiger charge is -1.90. The number of fused-ring (bicyclic) bond motifs is 1. The molecule has 2 rings (SSSR count). The molecular formula is C8H7ClN2O3. The van der Waals surface area contributed by atoms with Crippen molar-refractivity contribution in [3.05, 3.63) is 34.4 Å². The largest absolute Gasteiger partial charge is 0.495 e. The van der Waals surface area contributed by atoms with Crippen LogP contribution in [0.25, 0.3) is 10.9 Å². The summed E-state index contributed by atoms with van der Waals surface area (Å²) < 4.78 is 0. The van der Waals surface area contributed by atoms with E-state index >= 15 is 0 Å². The minimum Gasteiger partial charge on any atom is -0.495 e. The Bertz CT molecular complexity index is 480. The third kappa shape index (κ3) is 1.62. The van der Waals surface area contributed by atoms with Crippen LogP contribution in [-0.4, -0.2) is 15.0 Å². The first kappa shape index (κ1) is 10.3. The van der Waals surface area contributed by atoms with Gasteiger partial charge in [0.05, 0.1) is 4.92 Å². The number of H-pyrrole nitrogens is 1. The summed E-state index contributed by atoms with van der Waals surface area (Å²) in [6.45, 7) is 0. The smallest absolute Gasteiger partial charge is 0.270 e. The summed E-state index contributed by atoms with van der Waals surface area (Å²) in [6.07, 6.45) is 0. The van der Waals surface area contributed by atoms with Gasteiger partial charge in [-0.15, -0.1) is 12.4 Å². The number of aromatic nitrogens is 1. The Morgan fingerprint density at radius 1 is 1.36 bits per heavy atom. The van der Waals surface area contributed by atoms with E-state index in [2.05, 4.69) is 4.98 Å². The van der Waals surface area contributed by atoms with Gasteiger partial charge in [0.25, 0.3) is 5.69 Å². The maximum absolute atomic E-state index is 10.4. The molecule has 0 spiro atoms. The van der Waals surface area contributed by atoms with E-state index in [1.165, 1.54) is 18.2 Å². The number of nitrogens with one attached hydrogen (secondary N) is 1. The summed E-state index contributed by atoms with van der Waals surface area (Å²) in [5.74, 6) is 0.00972. The topological polar surface area (TPSA) is 79.2 Å². The van der Waals surface area contributed by atoms with Crippen molar-refractivity contribution in [2.24, 2.45) is 0 Å². The zero-order valence-electron chi connectivity index (χ0n) is 6.93. The average molecular weight is 215 g/mol. The van der Waals surface area contributed by atoms with Crippen LogP contribution in [-0.2, 0) is 0 Å². The van der Waals surface area contributed by atoms with Crippen LogP contribution >= 0.6 is 12.4 Å². The molecule has 74 valence electrons. The highest BCUT2D eigenvalue weighted by molar-refractivity contribution is 5.85. The van der Waals surface area contributed by atoms with Crippen LogP contribution in [0.2, 0.25) is 0 Å². The maximum atomic E-state index is 10.4. The number of aromatic hydroxyl groups is 1. The molecule has 0 radical (unpaired) electrons. The van der Waals surface area contributed by atoms with Gasteiger partial charge in [0.2, 0.25) is 0 Å². The first-order chi connectivity index (χ1) is 6.16. The first-order valence-electron chi connectivity index (χ1n) is 3.63. The lowest BCUT2D eigenvalue weighted by Crippen LogP contribution is -1.86. The minimum absolute atomic E-state index is 0. The quantitative estimate of drug-likeness (QED) is 0.564. The average Bonchev–Trinajstić information content (AvgIpc) is 2.42. The Labute approximate surface area is 84.9 Å². The van der Waals surface area contributed by atoms with Crippen LogP contribution in [0, 0.1) is 10.1 Å². The van der Waals surface area contributed by atoms with Crippen molar-refractivity contribution in [2.45, 2.75) is 0 Å². The van der Waals surface area contributed by atoms with Gasteiger partial charge < -0.3 is 10.1 Å². The van der Waals surface area contributed by atoms with Crippen LogP contribution in [0.5, 0.6) is 5.88 Å².